The summed E-state index contributed by atoms with van der Waals surface area (Å²) in [6.45, 7) is 2.21. The van der Waals surface area contributed by atoms with Crippen LogP contribution in [-0.2, 0) is 6.42 Å². The monoisotopic (exact) mass is 459 g/mol. The van der Waals surface area contributed by atoms with Crippen LogP contribution in [0.1, 0.15) is 18.1 Å². The van der Waals surface area contributed by atoms with E-state index in [2.05, 4.69) is 121 Å². The highest BCUT2D eigenvalue weighted by molar-refractivity contribution is 6.25. The largest absolute Gasteiger partial charge is 0.263 e. The van der Waals surface area contributed by atoms with Crippen LogP contribution < -0.4 is 0 Å². The SMILES string of the molecule is CCc1ccc(-c2c3ccccc3c(-c3cccc4c(C5=CN=C5)cccc34)c3ccccc23)cc1. The third kappa shape index (κ3) is 3.13. The van der Waals surface area contributed by atoms with E-state index in [4.69, 9.17) is 0 Å². The summed E-state index contributed by atoms with van der Waals surface area (Å²) in [5.74, 6) is 0. The lowest BCUT2D eigenvalue weighted by molar-refractivity contribution is 1.14. The molecule has 1 heterocycles. The first-order chi connectivity index (χ1) is 17.8. The van der Waals surface area contributed by atoms with Gasteiger partial charge in [-0.15, -0.1) is 0 Å². The van der Waals surface area contributed by atoms with Gasteiger partial charge >= 0.3 is 0 Å². The second kappa shape index (κ2) is 8.32. The quantitative estimate of drug-likeness (QED) is 0.233. The van der Waals surface area contributed by atoms with Crippen LogP contribution in [0.15, 0.2) is 120 Å². The van der Waals surface area contributed by atoms with Gasteiger partial charge in [0.05, 0.1) is 0 Å². The number of fused-ring (bicyclic) bond motifs is 3. The first-order valence-electron chi connectivity index (χ1n) is 12.6. The van der Waals surface area contributed by atoms with Crippen LogP contribution in [0.3, 0.4) is 0 Å². The first-order valence-corrected chi connectivity index (χ1v) is 12.6. The minimum Gasteiger partial charge on any atom is -0.263 e. The molecule has 0 saturated heterocycles. The summed E-state index contributed by atoms with van der Waals surface area (Å²) in [6.07, 6.45) is 4.95. The molecule has 0 bridgehead atoms. The summed E-state index contributed by atoms with van der Waals surface area (Å²) in [6, 6.07) is 40.2. The Bertz CT molecular complexity index is 1800. The highest BCUT2D eigenvalue weighted by Crippen LogP contribution is 2.45. The Labute approximate surface area is 211 Å². The first kappa shape index (κ1) is 20.8. The maximum Gasteiger partial charge on any atom is 0.0362 e. The van der Waals surface area contributed by atoms with Gasteiger partial charge in [0.2, 0.25) is 0 Å². The maximum absolute atomic E-state index is 4.21. The number of rotatable bonds is 4. The molecule has 0 spiro atoms. The van der Waals surface area contributed by atoms with Crippen molar-refractivity contribution >= 4 is 44.1 Å². The van der Waals surface area contributed by atoms with Crippen molar-refractivity contribution < 1.29 is 0 Å². The predicted octanol–water partition coefficient (Wildman–Crippen LogP) is 9.47. The molecule has 6 aromatic carbocycles. The van der Waals surface area contributed by atoms with E-state index in [-0.39, 0.29) is 0 Å². The number of aryl methyl sites for hydroxylation is 1. The zero-order valence-electron chi connectivity index (χ0n) is 20.2. The fourth-order valence-electron chi connectivity index (χ4n) is 5.70. The molecule has 6 aromatic rings. The Hall–Kier alpha value is -4.49. The molecule has 7 rings (SSSR count). The Balaban J connectivity index is 1.60. The zero-order valence-corrected chi connectivity index (χ0v) is 20.2. The van der Waals surface area contributed by atoms with Crippen LogP contribution in [0, 0.1) is 0 Å². The van der Waals surface area contributed by atoms with Gasteiger partial charge in [-0.2, -0.15) is 0 Å². The van der Waals surface area contributed by atoms with Gasteiger partial charge in [0.25, 0.3) is 0 Å². The highest BCUT2D eigenvalue weighted by atomic mass is 14.7. The predicted molar refractivity (Wildman–Crippen MR) is 156 cm³/mol. The van der Waals surface area contributed by atoms with Gasteiger partial charge in [0.1, 0.15) is 0 Å². The molecule has 1 aliphatic heterocycles. The molecule has 0 saturated carbocycles. The van der Waals surface area contributed by atoms with E-state index in [1.165, 1.54) is 71.3 Å². The van der Waals surface area contributed by atoms with Crippen molar-refractivity contribution in [1.82, 2.24) is 0 Å². The van der Waals surface area contributed by atoms with Crippen LogP contribution in [0.2, 0.25) is 0 Å². The molecular weight excluding hydrogens is 434 g/mol. The number of hydrogen-bond acceptors (Lipinski definition) is 1. The third-order valence-corrected chi connectivity index (χ3v) is 7.51. The molecule has 0 amide bonds. The molecule has 170 valence electrons. The van der Waals surface area contributed by atoms with Crippen molar-refractivity contribution in [2.24, 2.45) is 4.99 Å². The molecule has 1 heteroatoms. The van der Waals surface area contributed by atoms with Crippen molar-refractivity contribution in [2.45, 2.75) is 13.3 Å². The summed E-state index contributed by atoms with van der Waals surface area (Å²) >= 11 is 0. The fraction of sp³-hybridized carbons (Fsp3) is 0.0571. The number of benzene rings is 6. The number of aliphatic imine (C=N–C) groups is 1. The topological polar surface area (TPSA) is 12.4 Å². The Morgan fingerprint density at radius 1 is 0.500 bits per heavy atom. The molecule has 0 aliphatic carbocycles. The zero-order chi connectivity index (χ0) is 24.1. The summed E-state index contributed by atoms with van der Waals surface area (Å²) in [4.78, 5) is 4.21. The van der Waals surface area contributed by atoms with E-state index in [1.807, 2.05) is 12.4 Å². The van der Waals surface area contributed by atoms with Gasteiger partial charge in [0.15, 0.2) is 0 Å². The van der Waals surface area contributed by atoms with Crippen molar-refractivity contribution in [3.63, 3.8) is 0 Å². The van der Waals surface area contributed by atoms with Crippen LogP contribution >= 0.6 is 0 Å². The van der Waals surface area contributed by atoms with Gasteiger partial charge in [-0.25, -0.2) is 0 Å². The molecule has 0 aromatic heterocycles. The van der Waals surface area contributed by atoms with Gasteiger partial charge in [0, 0.05) is 18.0 Å². The summed E-state index contributed by atoms with van der Waals surface area (Å²) < 4.78 is 0. The van der Waals surface area contributed by atoms with Gasteiger partial charge < -0.3 is 0 Å². The van der Waals surface area contributed by atoms with Crippen molar-refractivity contribution in [3.05, 3.63) is 127 Å². The van der Waals surface area contributed by atoms with E-state index in [0.717, 1.165) is 6.42 Å². The van der Waals surface area contributed by atoms with E-state index in [9.17, 15) is 0 Å². The smallest absolute Gasteiger partial charge is 0.0362 e. The number of allylic oxidation sites excluding steroid dienone is 1. The van der Waals surface area contributed by atoms with Crippen LogP contribution in [0.5, 0.6) is 0 Å². The van der Waals surface area contributed by atoms with Gasteiger partial charge in [-0.1, -0.05) is 116 Å². The molecule has 0 atom stereocenters. The van der Waals surface area contributed by atoms with Gasteiger partial charge in [-0.3, -0.25) is 4.99 Å². The standard InChI is InChI=1S/C35H25N/c1-2-23-17-19-24(20-18-23)34-30-9-3-5-11-32(30)35(33-12-6-4-10-31(33)34)29-16-8-14-27-26(25-21-36-22-25)13-7-15-28(27)29/h3-22H,2H2,1H3. The summed E-state index contributed by atoms with van der Waals surface area (Å²) in [7, 11) is 0. The highest BCUT2D eigenvalue weighted by Gasteiger charge is 2.18. The molecule has 0 fully saturated rings. The lowest BCUT2D eigenvalue weighted by Gasteiger charge is -2.19. The summed E-state index contributed by atoms with van der Waals surface area (Å²) in [5.41, 5.74) is 8.94. The van der Waals surface area contributed by atoms with Crippen LogP contribution in [0.25, 0.3) is 60.1 Å². The molecular formula is C35H25N. The molecule has 1 aliphatic rings. The van der Waals surface area contributed by atoms with E-state index < -0.39 is 0 Å². The Morgan fingerprint density at radius 2 is 1.00 bits per heavy atom. The molecule has 36 heavy (non-hydrogen) atoms. The maximum atomic E-state index is 4.21. The fourth-order valence-corrected chi connectivity index (χ4v) is 5.70. The average Bonchev–Trinajstić information content (AvgIpc) is 2.91. The van der Waals surface area contributed by atoms with Gasteiger partial charge in [-0.05, 0) is 72.1 Å². The summed E-state index contributed by atoms with van der Waals surface area (Å²) in [5, 5.41) is 7.68. The average molecular weight is 460 g/mol. The lowest BCUT2D eigenvalue weighted by atomic mass is 9.84. The lowest BCUT2D eigenvalue weighted by Crippen LogP contribution is -1.95. The normalized spacial score (nSPS) is 12.8. The minimum absolute atomic E-state index is 1.05. The van der Waals surface area contributed by atoms with E-state index in [1.54, 1.807) is 0 Å². The Morgan fingerprint density at radius 3 is 1.53 bits per heavy atom. The second-order valence-corrected chi connectivity index (χ2v) is 9.46. The minimum atomic E-state index is 1.05. The second-order valence-electron chi connectivity index (χ2n) is 9.46. The van der Waals surface area contributed by atoms with Crippen molar-refractivity contribution in [1.29, 1.82) is 0 Å². The third-order valence-electron chi connectivity index (χ3n) is 7.51. The molecule has 1 nitrogen and oxygen atoms in total. The van der Waals surface area contributed by atoms with E-state index in [0.29, 0.717) is 0 Å². The number of nitrogens with zero attached hydrogens (tertiary/aromatic N) is 1. The molecule has 0 N–H and O–H groups in total. The van der Waals surface area contributed by atoms with Crippen molar-refractivity contribution in [3.8, 4) is 22.3 Å². The Kier molecular flexibility index (Phi) is 4.82. The van der Waals surface area contributed by atoms with E-state index >= 15 is 0 Å². The van der Waals surface area contributed by atoms with Crippen LogP contribution in [-0.4, -0.2) is 6.21 Å². The molecule has 0 unspecified atom stereocenters. The number of hydrogen-bond donors (Lipinski definition) is 0. The van der Waals surface area contributed by atoms with Crippen LogP contribution in [0.4, 0.5) is 0 Å². The van der Waals surface area contributed by atoms with Crippen molar-refractivity contribution in [2.75, 3.05) is 0 Å². The molecule has 0 radical (unpaired) electrons.